The van der Waals surface area contributed by atoms with Crippen molar-refractivity contribution in [3.63, 3.8) is 0 Å². The van der Waals surface area contributed by atoms with Crippen molar-refractivity contribution in [1.29, 1.82) is 0 Å². The van der Waals surface area contributed by atoms with E-state index in [1.807, 2.05) is 0 Å². The molecule has 3 rings (SSSR count). The fourth-order valence-corrected chi connectivity index (χ4v) is 2.71. The molecule has 110 valence electrons. The van der Waals surface area contributed by atoms with E-state index in [-0.39, 0.29) is 5.60 Å². The van der Waals surface area contributed by atoms with Crippen molar-refractivity contribution in [3.05, 3.63) is 23.8 Å². The maximum atomic E-state index is 5.98. The van der Waals surface area contributed by atoms with Gasteiger partial charge in [-0.1, -0.05) is 6.07 Å². The van der Waals surface area contributed by atoms with E-state index >= 15 is 0 Å². The molecule has 4 heteroatoms. The normalized spacial score (nSPS) is 21.7. The van der Waals surface area contributed by atoms with Gasteiger partial charge in [-0.3, -0.25) is 4.90 Å². The summed E-state index contributed by atoms with van der Waals surface area (Å²) in [4.78, 5) is 2.47. The summed E-state index contributed by atoms with van der Waals surface area (Å²) in [5, 5.41) is 3.47. The van der Waals surface area contributed by atoms with Gasteiger partial charge in [-0.15, -0.1) is 0 Å². The van der Waals surface area contributed by atoms with Crippen molar-refractivity contribution < 1.29 is 9.47 Å². The zero-order chi connectivity index (χ0) is 14.0. The second-order valence-electron chi connectivity index (χ2n) is 6.25. The predicted molar refractivity (Wildman–Crippen MR) is 80.6 cm³/mol. The number of hydrogen-bond donors (Lipinski definition) is 1. The number of ether oxygens (including phenoxy) is 2. The molecular formula is C16H24N2O2. The minimum Gasteiger partial charge on any atom is -0.484 e. The van der Waals surface area contributed by atoms with Gasteiger partial charge in [0, 0.05) is 19.6 Å². The molecule has 0 aromatic heterocycles. The summed E-state index contributed by atoms with van der Waals surface area (Å²) in [6.45, 7) is 10.0. The molecule has 0 unspecified atom stereocenters. The van der Waals surface area contributed by atoms with E-state index in [0.717, 1.165) is 57.3 Å². The second kappa shape index (κ2) is 5.62. The highest BCUT2D eigenvalue weighted by molar-refractivity contribution is 5.60. The lowest BCUT2D eigenvalue weighted by atomic mass is 10.0. The van der Waals surface area contributed by atoms with Crippen LogP contribution in [0.15, 0.2) is 18.2 Å². The number of hydrogen-bond acceptors (Lipinski definition) is 4. The van der Waals surface area contributed by atoms with Crippen LogP contribution < -0.4 is 10.1 Å². The Morgan fingerprint density at radius 2 is 2.05 bits per heavy atom. The Morgan fingerprint density at radius 1 is 1.25 bits per heavy atom. The zero-order valence-electron chi connectivity index (χ0n) is 12.4. The number of morpholine rings is 1. The van der Waals surface area contributed by atoms with Gasteiger partial charge in [-0.05, 0) is 38.0 Å². The molecule has 0 atom stereocenters. The minimum atomic E-state index is -0.123. The average molecular weight is 276 g/mol. The highest BCUT2D eigenvalue weighted by atomic mass is 16.5. The first-order valence-electron chi connectivity index (χ1n) is 7.48. The van der Waals surface area contributed by atoms with E-state index in [9.17, 15) is 0 Å². The van der Waals surface area contributed by atoms with Crippen LogP contribution >= 0.6 is 0 Å². The van der Waals surface area contributed by atoms with Crippen molar-refractivity contribution >= 4 is 5.69 Å². The van der Waals surface area contributed by atoms with Crippen LogP contribution in [0.4, 0.5) is 5.69 Å². The SMILES string of the molecule is CC1(C)CNc2cc(CCN3CCOCC3)ccc2O1. The van der Waals surface area contributed by atoms with Crippen LogP contribution in [-0.2, 0) is 11.2 Å². The molecule has 0 radical (unpaired) electrons. The topological polar surface area (TPSA) is 33.7 Å². The molecule has 1 fully saturated rings. The van der Waals surface area contributed by atoms with Gasteiger partial charge < -0.3 is 14.8 Å². The van der Waals surface area contributed by atoms with E-state index in [2.05, 4.69) is 42.3 Å². The van der Waals surface area contributed by atoms with E-state index in [0.29, 0.717) is 0 Å². The molecule has 0 aliphatic carbocycles. The second-order valence-corrected chi connectivity index (χ2v) is 6.25. The molecule has 1 saturated heterocycles. The summed E-state index contributed by atoms with van der Waals surface area (Å²) in [6, 6.07) is 6.51. The molecule has 20 heavy (non-hydrogen) atoms. The lowest BCUT2D eigenvalue weighted by Gasteiger charge is -2.33. The number of nitrogens with zero attached hydrogens (tertiary/aromatic N) is 1. The Balaban J connectivity index is 1.61. The summed E-state index contributed by atoms with van der Waals surface area (Å²) in [5.41, 5.74) is 2.37. The maximum Gasteiger partial charge on any atom is 0.143 e. The van der Waals surface area contributed by atoms with Crippen LogP contribution in [0, 0.1) is 0 Å². The van der Waals surface area contributed by atoms with Gasteiger partial charge in [0.25, 0.3) is 0 Å². The van der Waals surface area contributed by atoms with Gasteiger partial charge in [-0.2, -0.15) is 0 Å². The third-order valence-electron chi connectivity index (χ3n) is 3.96. The number of anilines is 1. The summed E-state index contributed by atoms with van der Waals surface area (Å²) < 4.78 is 11.4. The standard InChI is InChI=1S/C16H24N2O2/c1-16(2)12-17-14-11-13(3-4-15(14)20-16)5-6-18-7-9-19-10-8-18/h3-4,11,17H,5-10,12H2,1-2H3. The van der Waals surface area contributed by atoms with Crippen LogP contribution in [0.25, 0.3) is 0 Å². The Labute approximate surface area is 121 Å². The third kappa shape index (κ3) is 3.25. The number of rotatable bonds is 3. The molecule has 0 bridgehead atoms. The van der Waals surface area contributed by atoms with Crippen molar-refractivity contribution in [3.8, 4) is 5.75 Å². The van der Waals surface area contributed by atoms with Crippen molar-refractivity contribution in [2.45, 2.75) is 25.9 Å². The Morgan fingerprint density at radius 3 is 2.85 bits per heavy atom. The molecule has 2 heterocycles. The highest BCUT2D eigenvalue weighted by Gasteiger charge is 2.26. The lowest BCUT2D eigenvalue weighted by Crippen LogP contribution is -2.40. The first kappa shape index (κ1) is 13.7. The first-order valence-corrected chi connectivity index (χ1v) is 7.48. The van der Waals surface area contributed by atoms with Crippen LogP contribution in [-0.4, -0.2) is 49.9 Å². The molecule has 4 nitrogen and oxygen atoms in total. The summed E-state index contributed by atoms with van der Waals surface area (Å²) in [5.74, 6) is 0.969. The van der Waals surface area contributed by atoms with E-state index in [1.165, 1.54) is 5.56 Å². The molecule has 2 aliphatic rings. The third-order valence-corrected chi connectivity index (χ3v) is 3.96. The molecule has 0 spiro atoms. The molecule has 1 N–H and O–H groups in total. The quantitative estimate of drug-likeness (QED) is 0.917. The van der Waals surface area contributed by atoms with Crippen LogP contribution in [0.2, 0.25) is 0 Å². The average Bonchev–Trinajstić information content (AvgIpc) is 2.45. The fourth-order valence-electron chi connectivity index (χ4n) is 2.71. The monoisotopic (exact) mass is 276 g/mol. The van der Waals surface area contributed by atoms with E-state index in [4.69, 9.17) is 9.47 Å². The van der Waals surface area contributed by atoms with Gasteiger partial charge in [0.15, 0.2) is 0 Å². The van der Waals surface area contributed by atoms with Crippen molar-refractivity contribution in [1.82, 2.24) is 4.90 Å². The van der Waals surface area contributed by atoms with Crippen molar-refractivity contribution in [2.75, 3.05) is 44.7 Å². The summed E-state index contributed by atoms with van der Waals surface area (Å²) in [6.07, 6.45) is 1.08. The smallest absolute Gasteiger partial charge is 0.143 e. The Bertz CT molecular complexity index is 468. The molecule has 0 amide bonds. The maximum absolute atomic E-state index is 5.98. The van der Waals surface area contributed by atoms with E-state index < -0.39 is 0 Å². The first-order chi connectivity index (χ1) is 9.62. The summed E-state index contributed by atoms with van der Waals surface area (Å²) >= 11 is 0. The molecule has 1 aromatic carbocycles. The fraction of sp³-hybridized carbons (Fsp3) is 0.625. The van der Waals surface area contributed by atoms with Crippen LogP contribution in [0.1, 0.15) is 19.4 Å². The minimum absolute atomic E-state index is 0.123. The van der Waals surface area contributed by atoms with Gasteiger partial charge in [0.1, 0.15) is 11.4 Å². The number of nitrogens with one attached hydrogen (secondary N) is 1. The van der Waals surface area contributed by atoms with Gasteiger partial charge in [-0.25, -0.2) is 0 Å². The molecule has 2 aliphatic heterocycles. The molecule has 1 aromatic rings. The van der Waals surface area contributed by atoms with Crippen LogP contribution in [0.5, 0.6) is 5.75 Å². The van der Waals surface area contributed by atoms with Gasteiger partial charge >= 0.3 is 0 Å². The Hall–Kier alpha value is -1.26. The molecular weight excluding hydrogens is 252 g/mol. The van der Waals surface area contributed by atoms with Gasteiger partial charge in [0.05, 0.1) is 25.4 Å². The predicted octanol–water partition coefficient (Wildman–Crippen LogP) is 2.14. The number of fused-ring (bicyclic) bond motifs is 1. The van der Waals surface area contributed by atoms with Gasteiger partial charge in [0.2, 0.25) is 0 Å². The largest absolute Gasteiger partial charge is 0.484 e. The zero-order valence-corrected chi connectivity index (χ0v) is 12.4. The van der Waals surface area contributed by atoms with E-state index in [1.54, 1.807) is 0 Å². The lowest BCUT2D eigenvalue weighted by molar-refractivity contribution is 0.0384. The molecule has 0 saturated carbocycles. The van der Waals surface area contributed by atoms with Crippen molar-refractivity contribution in [2.24, 2.45) is 0 Å². The Kier molecular flexibility index (Phi) is 3.85. The number of benzene rings is 1. The highest BCUT2D eigenvalue weighted by Crippen LogP contribution is 2.33. The summed E-state index contributed by atoms with van der Waals surface area (Å²) in [7, 11) is 0. The van der Waals surface area contributed by atoms with Crippen LogP contribution in [0.3, 0.4) is 0 Å².